The lowest BCUT2D eigenvalue weighted by Gasteiger charge is -2.13. The summed E-state index contributed by atoms with van der Waals surface area (Å²) in [4.78, 5) is 12.3. The van der Waals surface area contributed by atoms with Crippen LogP contribution in [-0.4, -0.2) is 37.3 Å². The van der Waals surface area contributed by atoms with Crippen molar-refractivity contribution in [2.24, 2.45) is 5.92 Å². The van der Waals surface area contributed by atoms with Crippen LogP contribution in [0.4, 0.5) is 5.95 Å². The van der Waals surface area contributed by atoms with Crippen LogP contribution in [0, 0.1) is 5.92 Å². The van der Waals surface area contributed by atoms with Crippen molar-refractivity contribution in [3.05, 3.63) is 12.5 Å². The number of aliphatic hydroxyl groups excluding tert-OH is 1. The van der Waals surface area contributed by atoms with Gasteiger partial charge in [-0.2, -0.15) is 4.98 Å². The molecule has 0 spiro atoms. The highest BCUT2D eigenvalue weighted by Gasteiger charge is 2.33. The molecule has 2 aromatic rings. The van der Waals surface area contributed by atoms with Crippen LogP contribution in [0.2, 0.25) is 0 Å². The summed E-state index contributed by atoms with van der Waals surface area (Å²) in [5.41, 5.74) is 6.94. The average Bonchev–Trinajstić information content (AvgIpc) is 2.91. The third-order valence-corrected chi connectivity index (χ3v) is 3.36. The van der Waals surface area contributed by atoms with Crippen molar-refractivity contribution in [1.82, 2.24) is 19.5 Å². The fraction of sp³-hybridized carbons (Fsp3) is 0.545. The third-order valence-electron chi connectivity index (χ3n) is 3.36. The van der Waals surface area contributed by atoms with Crippen LogP contribution in [0.25, 0.3) is 11.2 Å². The molecule has 3 N–H and O–H groups in total. The number of nitrogens with zero attached hydrogens (tertiary/aromatic N) is 4. The van der Waals surface area contributed by atoms with Gasteiger partial charge in [0.1, 0.15) is 11.7 Å². The van der Waals surface area contributed by atoms with Crippen molar-refractivity contribution in [3.63, 3.8) is 0 Å². The van der Waals surface area contributed by atoms with E-state index in [1.54, 1.807) is 12.5 Å². The number of ether oxygens (including phenoxy) is 1. The van der Waals surface area contributed by atoms with Gasteiger partial charge in [-0.1, -0.05) is 6.92 Å². The van der Waals surface area contributed by atoms with E-state index in [4.69, 9.17) is 10.5 Å². The Morgan fingerprint density at radius 1 is 1.56 bits per heavy atom. The molecule has 3 rings (SSSR count). The molecule has 1 aliphatic rings. The Morgan fingerprint density at radius 3 is 3.11 bits per heavy atom. The summed E-state index contributed by atoms with van der Waals surface area (Å²) in [6.45, 7) is 2.09. The highest BCUT2D eigenvalue weighted by molar-refractivity contribution is 5.70. The molecule has 2 aromatic heterocycles. The Morgan fingerprint density at radius 2 is 2.39 bits per heavy atom. The number of aromatic nitrogens is 4. The van der Waals surface area contributed by atoms with Crippen LogP contribution >= 0.6 is 0 Å². The SMILES string of the molecule is CC1C[C@@H](n2cnc3cnc(N)nc32)OC1CO. The summed E-state index contributed by atoms with van der Waals surface area (Å²) in [6.07, 6.45) is 3.80. The Balaban J connectivity index is 1.98. The van der Waals surface area contributed by atoms with E-state index in [1.807, 2.05) is 4.57 Å². The summed E-state index contributed by atoms with van der Waals surface area (Å²) in [7, 11) is 0. The highest BCUT2D eigenvalue weighted by Crippen LogP contribution is 2.34. The molecule has 1 saturated heterocycles. The lowest BCUT2D eigenvalue weighted by molar-refractivity contribution is -0.0277. The largest absolute Gasteiger partial charge is 0.394 e. The molecule has 7 nitrogen and oxygen atoms in total. The molecule has 3 atom stereocenters. The first-order valence-corrected chi connectivity index (χ1v) is 5.90. The molecule has 1 aliphatic heterocycles. The fourth-order valence-electron chi connectivity index (χ4n) is 2.31. The zero-order chi connectivity index (χ0) is 12.7. The van der Waals surface area contributed by atoms with Gasteiger partial charge in [-0.15, -0.1) is 0 Å². The number of rotatable bonds is 2. The predicted octanol–water partition coefficient (Wildman–Crippen LogP) is 0.324. The topological polar surface area (TPSA) is 99.1 Å². The number of aliphatic hydroxyl groups is 1. The zero-order valence-electron chi connectivity index (χ0n) is 10.0. The maximum absolute atomic E-state index is 9.21. The second-order valence-corrected chi connectivity index (χ2v) is 4.61. The van der Waals surface area contributed by atoms with E-state index in [-0.39, 0.29) is 24.9 Å². The summed E-state index contributed by atoms with van der Waals surface area (Å²) in [5.74, 6) is 0.519. The van der Waals surface area contributed by atoms with Gasteiger partial charge in [0.2, 0.25) is 5.95 Å². The first-order valence-electron chi connectivity index (χ1n) is 5.90. The molecule has 0 radical (unpaired) electrons. The zero-order valence-corrected chi connectivity index (χ0v) is 10.0. The lowest BCUT2D eigenvalue weighted by Crippen LogP contribution is -2.18. The van der Waals surface area contributed by atoms with E-state index in [0.717, 1.165) is 6.42 Å². The lowest BCUT2D eigenvalue weighted by atomic mass is 10.0. The summed E-state index contributed by atoms with van der Waals surface area (Å²) in [6, 6.07) is 0. The van der Waals surface area contributed by atoms with Crippen molar-refractivity contribution < 1.29 is 9.84 Å². The molecule has 18 heavy (non-hydrogen) atoms. The molecule has 2 unspecified atom stereocenters. The second-order valence-electron chi connectivity index (χ2n) is 4.61. The molecule has 7 heteroatoms. The maximum Gasteiger partial charge on any atom is 0.222 e. The van der Waals surface area contributed by atoms with Gasteiger partial charge < -0.3 is 15.6 Å². The number of hydrogen-bond donors (Lipinski definition) is 2. The molecule has 1 fully saturated rings. The van der Waals surface area contributed by atoms with E-state index >= 15 is 0 Å². The quantitative estimate of drug-likeness (QED) is 0.795. The molecule has 0 aromatic carbocycles. The van der Waals surface area contributed by atoms with Gasteiger partial charge in [0.25, 0.3) is 0 Å². The monoisotopic (exact) mass is 249 g/mol. The standard InChI is InChI=1S/C11H15N5O2/c1-6-2-9(18-8(6)4-17)16-5-14-7-3-13-11(12)15-10(7)16/h3,5-6,8-9,17H,2,4H2,1H3,(H2,12,13,15)/t6?,8?,9-/m0/s1. The Bertz CT molecular complexity index is 570. The molecule has 0 aliphatic carbocycles. The predicted molar refractivity (Wildman–Crippen MR) is 64.5 cm³/mol. The van der Waals surface area contributed by atoms with Crippen LogP contribution in [0.3, 0.4) is 0 Å². The Hall–Kier alpha value is -1.73. The van der Waals surface area contributed by atoms with E-state index in [1.165, 1.54) is 0 Å². The number of anilines is 1. The van der Waals surface area contributed by atoms with E-state index in [2.05, 4.69) is 21.9 Å². The number of fused-ring (bicyclic) bond motifs is 1. The van der Waals surface area contributed by atoms with Gasteiger partial charge in [-0.25, -0.2) is 9.97 Å². The highest BCUT2D eigenvalue weighted by atomic mass is 16.5. The van der Waals surface area contributed by atoms with Crippen LogP contribution in [-0.2, 0) is 4.74 Å². The normalized spacial score (nSPS) is 28.0. The van der Waals surface area contributed by atoms with Gasteiger partial charge in [0.15, 0.2) is 5.65 Å². The molecule has 0 amide bonds. The molecule has 0 saturated carbocycles. The Kier molecular flexibility index (Phi) is 2.64. The molecular weight excluding hydrogens is 234 g/mol. The van der Waals surface area contributed by atoms with Gasteiger partial charge in [0.05, 0.1) is 25.2 Å². The van der Waals surface area contributed by atoms with Gasteiger partial charge in [0, 0.05) is 0 Å². The van der Waals surface area contributed by atoms with Crippen molar-refractivity contribution in [2.75, 3.05) is 12.3 Å². The smallest absolute Gasteiger partial charge is 0.222 e. The second kappa shape index (κ2) is 4.18. The Labute approximate surface area is 104 Å². The summed E-state index contributed by atoms with van der Waals surface area (Å²) < 4.78 is 7.63. The van der Waals surface area contributed by atoms with Gasteiger partial charge >= 0.3 is 0 Å². The minimum absolute atomic E-state index is 0.0292. The number of hydrogen-bond acceptors (Lipinski definition) is 6. The average molecular weight is 249 g/mol. The summed E-state index contributed by atoms with van der Waals surface area (Å²) >= 11 is 0. The fourth-order valence-corrected chi connectivity index (χ4v) is 2.31. The molecule has 3 heterocycles. The molecule has 96 valence electrons. The van der Waals surface area contributed by atoms with Gasteiger partial charge in [-0.05, 0) is 12.3 Å². The van der Waals surface area contributed by atoms with Crippen molar-refractivity contribution in [3.8, 4) is 0 Å². The van der Waals surface area contributed by atoms with Crippen LogP contribution < -0.4 is 5.73 Å². The van der Waals surface area contributed by atoms with Crippen molar-refractivity contribution in [1.29, 1.82) is 0 Å². The third kappa shape index (κ3) is 1.72. The van der Waals surface area contributed by atoms with Crippen LogP contribution in [0.5, 0.6) is 0 Å². The van der Waals surface area contributed by atoms with E-state index < -0.39 is 0 Å². The molecular formula is C11H15N5O2. The van der Waals surface area contributed by atoms with E-state index in [9.17, 15) is 5.11 Å². The first-order chi connectivity index (χ1) is 8.69. The number of nitrogens with two attached hydrogens (primary N) is 1. The van der Waals surface area contributed by atoms with Crippen LogP contribution in [0.1, 0.15) is 19.6 Å². The van der Waals surface area contributed by atoms with Gasteiger partial charge in [-0.3, -0.25) is 4.57 Å². The minimum atomic E-state index is -0.156. The van der Waals surface area contributed by atoms with E-state index in [0.29, 0.717) is 17.1 Å². The molecule has 0 bridgehead atoms. The van der Waals surface area contributed by atoms with Crippen molar-refractivity contribution in [2.45, 2.75) is 25.7 Å². The first kappa shape index (κ1) is 11.4. The number of nitrogen functional groups attached to an aromatic ring is 1. The maximum atomic E-state index is 9.21. The van der Waals surface area contributed by atoms with Crippen LogP contribution in [0.15, 0.2) is 12.5 Å². The summed E-state index contributed by atoms with van der Waals surface area (Å²) in [5, 5.41) is 9.21. The minimum Gasteiger partial charge on any atom is -0.394 e. The number of imidazole rings is 1. The van der Waals surface area contributed by atoms with Crippen molar-refractivity contribution >= 4 is 17.1 Å².